The molecule has 1 fully saturated rings. The zero-order chi connectivity index (χ0) is 15.8. The van der Waals surface area contributed by atoms with E-state index in [1.807, 2.05) is 18.9 Å². The Kier molecular flexibility index (Phi) is 7.72. The lowest BCUT2D eigenvalue weighted by molar-refractivity contribution is -0.140. The Bertz CT molecular complexity index is 338. The molecule has 0 heterocycles. The summed E-state index contributed by atoms with van der Waals surface area (Å²) in [6.45, 7) is 2.13. The zero-order valence-corrected chi connectivity index (χ0v) is 13.8. The van der Waals surface area contributed by atoms with Crippen molar-refractivity contribution in [1.82, 2.24) is 9.80 Å². The smallest absolute Gasteiger partial charge is 0.242 e. The molecule has 0 bridgehead atoms. The number of likely N-dealkylation sites (N-methyl/N-ethyl adjacent to an activating group) is 2. The monoisotopic (exact) mass is 297 g/mol. The van der Waals surface area contributed by atoms with Gasteiger partial charge < -0.3 is 15.5 Å². The zero-order valence-electron chi connectivity index (χ0n) is 13.8. The van der Waals surface area contributed by atoms with Crippen LogP contribution in [0.5, 0.6) is 0 Å². The van der Waals surface area contributed by atoms with Gasteiger partial charge in [-0.15, -0.1) is 0 Å². The van der Waals surface area contributed by atoms with Crippen molar-refractivity contribution in [2.24, 2.45) is 5.73 Å². The summed E-state index contributed by atoms with van der Waals surface area (Å²) >= 11 is 0. The molecule has 1 aliphatic rings. The van der Waals surface area contributed by atoms with Gasteiger partial charge in [-0.25, -0.2) is 0 Å². The van der Waals surface area contributed by atoms with Gasteiger partial charge in [-0.1, -0.05) is 19.3 Å². The summed E-state index contributed by atoms with van der Waals surface area (Å²) in [5.74, 6) is 0.0750. The number of carbonyl (C=O) groups is 2. The largest absolute Gasteiger partial charge is 0.341 e. The first kappa shape index (κ1) is 18.0. The predicted molar refractivity (Wildman–Crippen MR) is 84.8 cm³/mol. The molecule has 0 spiro atoms. The number of rotatable bonds is 7. The van der Waals surface area contributed by atoms with Gasteiger partial charge >= 0.3 is 0 Å². The van der Waals surface area contributed by atoms with Gasteiger partial charge in [0.1, 0.15) is 0 Å². The molecule has 1 atom stereocenters. The Hall–Kier alpha value is -1.10. The Morgan fingerprint density at radius 2 is 1.76 bits per heavy atom. The highest BCUT2D eigenvalue weighted by Gasteiger charge is 2.23. The second-order valence-electron chi connectivity index (χ2n) is 6.42. The van der Waals surface area contributed by atoms with E-state index >= 15 is 0 Å². The summed E-state index contributed by atoms with van der Waals surface area (Å²) in [6.07, 6.45) is 7.96. The van der Waals surface area contributed by atoms with Gasteiger partial charge in [0.15, 0.2) is 0 Å². The number of amides is 2. The van der Waals surface area contributed by atoms with Gasteiger partial charge in [0.2, 0.25) is 11.8 Å². The highest BCUT2D eigenvalue weighted by Crippen LogP contribution is 2.21. The first-order valence-electron chi connectivity index (χ1n) is 8.17. The van der Waals surface area contributed by atoms with E-state index in [0.717, 1.165) is 25.7 Å². The quantitative estimate of drug-likeness (QED) is 0.778. The van der Waals surface area contributed by atoms with Crippen molar-refractivity contribution in [3.05, 3.63) is 0 Å². The number of hydrogen-bond acceptors (Lipinski definition) is 3. The predicted octanol–water partition coefficient (Wildman–Crippen LogP) is 1.75. The molecule has 2 N–H and O–H groups in total. The van der Waals surface area contributed by atoms with Crippen LogP contribution in [0.2, 0.25) is 0 Å². The lowest BCUT2D eigenvalue weighted by atomic mass is 9.94. The molecule has 5 nitrogen and oxygen atoms in total. The molecular weight excluding hydrogens is 266 g/mol. The number of carbonyl (C=O) groups excluding carboxylic acids is 2. The maximum Gasteiger partial charge on any atom is 0.242 e. The Labute approximate surface area is 128 Å². The van der Waals surface area contributed by atoms with Crippen molar-refractivity contribution >= 4 is 11.8 Å². The first-order valence-corrected chi connectivity index (χ1v) is 8.17. The molecule has 1 saturated carbocycles. The van der Waals surface area contributed by atoms with Crippen molar-refractivity contribution in [3.63, 3.8) is 0 Å². The molecule has 0 aromatic heterocycles. The van der Waals surface area contributed by atoms with Crippen LogP contribution in [0.25, 0.3) is 0 Å². The summed E-state index contributed by atoms with van der Waals surface area (Å²) in [6, 6.07) is 0.481. The number of nitrogens with zero attached hydrogens (tertiary/aromatic N) is 2. The molecule has 0 aromatic carbocycles. The fourth-order valence-electron chi connectivity index (χ4n) is 2.84. The molecule has 0 saturated heterocycles. The molecule has 0 radical (unpaired) electrons. The minimum Gasteiger partial charge on any atom is -0.341 e. The summed E-state index contributed by atoms with van der Waals surface area (Å²) in [5, 5.41) is 0. The van der Waals surface area contributed by atoms with Crippen LogP contribution in [-0.4, -0.2) is 54.3 Å². The van der Waals surface area contributed by atoms with Gasteiger partial charge in [-0.2, -0.15) is 0 Å². The van der Waals surface area contributed by atoms with Gasteiger partial charge in [-0.05, 0) is 32.6 Å². The lowest BCUT2D eigenvalue weighted by Gasteiger charge is -2.32. The molecule has 5 heteroatoms. The van der Waals surface area contributed by atoms with Gasteiger partial charge in [0.25, 0.3) is 0 Å². The van der Waals surface area contributed by atoms with E-state index in [-0.39, 0.29) is 24.4 Å². The Balaban J connectivity index is 2.32. The van der Waals surface area contributed by atoms with Crippen LogP contribution in [0.3, 0.4) is 0 Å². The maximum absolute atomic E-state index is 12.3. The van der Waals surface area contributed by atoms with Crippen molar-refractivity contribution in [3.8, 4) is 0 Å². The lowest BCUT2D eigenvalue weighted by Crippen LogP contribution is -2.44. The van der Waals surface area contributed by atoms with Crippen molar-refractivity contribution < 1.29 is 9.59 Å². The minimum absolute atomic E-state index is 0.0287. The molecule has 1 unspecified atom stereocenters. The van der Waals surface area contributed by atoms with Crippen LogP contribution in [0.15, 0.2) is 0 Å². The Morgan fingerprint density at radius 3 is 2.33 bits per heavy atom. The molecule has 2 amide bonds. The number of hydrogen-bond donors (Lipinski definition) is 1. The highest BCUT2D eigenvalue weighted by atomic mass is 16.2. The molecule has 21 heavy (non-hydrogen) atoms. The van der Waals surface area contributed by atoms with Crippen LogP contribution >= 0.6 is 0 Å². The molecule has 0 aromatic rings. The molecular formula is C16H31N3O2. The van der Waals surface area contributed by atoms with Gasteiger partial charge in [0, 0.05) is 32.6 Å². The van der Waals surface area contributed by atoms with E-state index in [9.17, 15) is 9.59 Å². The van der Waals surface area contributed by atoms with Crippen LogP contribution < -0.4 is 5.73 Å². The summed E-state index contributed by atoms with van der Waals surface area (Å²) in [5.41, 5.74) is 5.67. The number of nitrogens with two attached hydrogens (primary N) is 1. The van der Waals surface area contributed by atoms with E-state index < -0.39 is 0 Å². The second-order valence-corrected chi connectivity index (χ2v) is 6.42. The van der Waals surface area contributed by atoms with Crippen molar-refractivity contribution in [1.29, 1.82) is 0 Å². The van der Waals surface area contributed by atoms with Gasteiger partial charge in [0.05, 0.1) is 6.54 Å². The third-order valence-corrected chi connectivity index (χ3v) is 4.36. The van der Waals surface area contributed by atoms with Crippen molar-refractivity contribution in [2.75, 3.05) is 20.6 Å². The summed E-state index contributed by atoms with van der Waals surface area (Å²) in [7, 11) is 3.58. The maximum atomic E-state index is 12.3. The first-order chi connectivity index (χ1) is 9.91. The highest BCUT2D eigenvalue weighted by molar-refractivity contribution is 5.84. The van der Waals surface area contributed by atoms with Crippen LogP contribution in [0, 0.1) is 0 Å². The minimum atomic E-state index is 0.0287. The second kappa shape index (κ2) is 9.03. The SMILES string of the molecule is CC(N)CCCC(=O)N(C)CC(=O)N(C)C1CCCCC1. The fourth-order valence-corrected chi connectivity index (χ4v) is 2.84. The van der Waals surface area contributed by atoms with Gasteiger partial charge in [-0.3, -0.25) is 9.59 Å². The fraction of sp³-hybridized carbons (Fsp3) is 0.875. The topological polar surface area (TPSA) is 66.6 Å². The average molecular weight is 297 g/mol. The third-order valence-electron chi connectivity index (χ3n) is 4.36. The summed E-state index contributed by atoms with van der Waals surface area (Å²) < 4.78 is 0. The van der Waals surface area contributed by atoms with Crippen LogP contribution in [0.1, 0.15) is 58.3 Å². The molecule has 1 aliphatic carbocycles. The van der Waals surface area contributed by atoms with E-state index in [1.165, 1.54) is 19.3 Å². The van der Waals surface area contributed by atoms with Crippen LogP contribution in [0.4, 0.5) is 0 Å². The van der Waals surface area contributed by atoms with Crippen LogP contribution in [-0.2, 0) is 9.59 Å². The third kappa shape index (κ3) is 6.46. The van der Waals surface area contributed by atoms with E-state index in [1.54, 1.807) is 11.9 Å². The van der Waals surface area contributed by atoms with E-state index in [2.05, 4.69) is 0 Å². The standard InChI is InChI=1S/C16H31N3O2/c1-13(17)8-7-11-15(20)18(2)12-16(21)19(3)14-9-5-4-6-10-14/h13-14H,4-12,17H2,1-3H3. The molecule has 0 aliphatic heterocycles. The van der Waals surface area contributed by atoms with E-state index in [0.29, 0.717) is 12.5 Å². The molecule has 1 rings (SSSR count). The normalized spacial score (nSPS) is 17.3. The summed E-state index contributed by atoms with van der Waals surface area (Å²) in [4.78, 5) is 27.6. The Morgan fingerprint density at radius 1 is 1.14 bits per heavy atom. The molecule has 122 valence electrons. The van der Waals surface area contributed by atoms with E-state index in [4.69, 9.17) is 5.73 Å². The van der Waals surface area contributed by atoms with Crippen molar-refractivity contribution in [2.45, 2.75) is 70.4 Å². The average Bonchev–Trinajstić information content (AvgIpc) is 2.46.